The number of anilines is 2. The normalized spacial score (nSPS) is 10.8. The maximum Gasteiger partial charge on any atom is 0.337 e. The Morgan fingerprint density at radius 3 is 2.64 bits per heavy atom. The summed E-state index contributed by atoms with van der Waals surface area (Å²) in [4.78, 5) is 16.7. The summed E-state index contributed by atoms with van der Waals surface area (Å²) in [5.41, 5.74) is 3.76. The van der Waals surface area contributed by atoms with E-state index in [-0.39, 0.29) is 5.56 Å². The molecule has 170 valence electrons. The number of hydrogen-bond donors (Lipinski definition) is 2. The molecule has 2 N–H and O–H groups in total. The van der Waals surface area contributed by atoms with Gasteiger partial charge in [0.05, 0.1) is 42.4 Å². The number of aromatic carboxylic acids is 1. The quantitative estimate of drug-likeness (QED) is 0.364. The summed E-state index contributed by atoms with van der Waals surface area (Å²) in [5, 5.41) is 20.7. The van der Waals surface area contributed by atoms with Gasteiger partial charge in [-0.3, -0.25) is 0 Å². The Kier molecular flexibility index (Phi) is 6.32. The SMILES string of the molecule is CCc1csc(-c2c(C)nn(-c3ccccc3OC)c2Nc2ccc(OC)cc2C(=O)O)n1. The second-order valence-electron chi connectivity index (χ2n) is 7.23. The Balaban J connectivity index is 1.94. The van der Waals surface area contributed by atoms with E-state index in [1.807, 2.05) is 36.6 Å². The fourth-order valence-electron chi connectivity index (χ4n) is 3.53. The lowest BCUT2D eigenvalue weighted by Crippen LogP contribution is -2.08. The van der Waals surface area contributed by atoms with Gasteiger partial charge in [0.15, 0.2) is 0 Å². The van der Waals surface area contributed by atoms with E-state index >= 15 is 0 Å². The number of hydrogen-bond acceptors (Lipinski definition) is 7. The van der Waals surface area contributed by atoms with Crippen LogP contribution in [-0.2, 0) is 6.42 Å². The van der Waals surface area contributed by atoms with E-state index in [1.54, 1.807) is 23.9 Å². The number of benzene rings is 2. The highest BCUT2D eigenvalue weighted by molar-refractivity contribution is 7.13. The Morgan fingerprint density at radius 2 is 1.97 bits per heavy atom. The number of rotatable bonds is 8. The predicted molar refractivity (Wildman–Crippen MR) is 129 cm³/mol. The van der Waals surface area contributed by atoms with E-state index in [2.05, 4.69) is 12.2 Å². The third-order valence-electron chi connectivity index (χ3n) is 5.21. The Hall–Kier alpha value is -3.85. The van der Waals surface area contributed by atoms with E-state index in [4.69, 9.17) is 19.6 Å². The maximum atomic E-state index is 12.0. The molecular formula is C24H24N4O4S. The van der Waals surface area contributed by atoms with E-state index in [9.17, 15) is 9.90 Å². The average molecular weight is 465 g/mol. The number of carboxylic acid groups (broad SMARTS) is 1. The number of nitrogens with zero attached hydrogens (tertiary/aromatic N) is 3. The number of carboxylic acids is 1. The Morgan fingerprint density at radius 1 is 1.18 bits per heavy atom. The van der Waals surface area contributed by atoms with Crippen LogP contribution in [0.2, 0.25) is 0 Å². The van der Waals surface area contributed by atoms with Crippen molar-refractivity contribution in [3.05, 3.63) is 64.8 Å². The first-order chi connectivity index (χ1) is 16.0. The zero-order valence-corrected chi connectivity index (χ0v) is 19.6. The zero-order chi connectivity index (χ0) is 23.5. The van der Waals surface area contributed by atoms with Gasteiger partial charge in [0.2, 0.25) is 0 Å². The molecule has 0 bridgehead atoms. The average Bonchev–Trinajstić information content (AvgIpc) is 3.42. The summed E-state index contributed by atoms with van der Waals surface area (Å²) in [5.74, 6) is 0.624. The van der Waals surface area contributed by atoms with Crippen molar-refractivity contribution in [3.8, 4) is 27.8 Å². The van der Waals surface area contributed by atoms with Crippen LogP contribution in [0.3, 0.4) is 0 Å². The molecule has 33 heavy (non-hydrogen) atoms. The fraction of sp³-hybridized carbons (Fsp3) is 0.208. The number of para-hydroxylation sites is 2. The second kappa shape index (κ2) is 9.33. The van der Waals surface area contributed by atoms with Crippen LogP contribution in [0, 0.1) is 6.92 Å². The van der Waals surface area contributed by atoms with Gasteiger partial charge in [0, 0.05) is 5.38 Å². The van der Waals surface area contributed by atoms with Gasteiger partial charge in [-0.1, -0.05) is 19.1 Å². The molecule has 0 saturated heterocycles. The van der Waals surface area contributed by atoms with Gasteiger partial charge < -0.3 is 19.9 Å². The third-order valence-corrected chi connectivity index (χ3v) is 6.12. The molecule has 0 fully saturated rings. The van der Waals surface area contributed by atoms with Crippen LogP contribution < -0.4 is 14.8 Å². The number of methoxy groups -OCH3 is 2. The van der Waals surface area contributed by atoms with E-state index in [0.717, 1.165) is 34.1 Å². The highest BCUT2D eigenvalue weighted by Gasteiger charge is 2.24. The van der Waals surface area contributed by atoms with Gasteiger partial charge in [-0.25, -0.2) is 14.5 Å². The van der Waals surface area contributed by atoms with Gasteiger partial charge >= 0.3 is 5.97 Å². The molecule has 0 saturated carbocycles. The minimum Gasteiger partial charge on any atom is -0.497 e. The van der Waals surface area contributed by atoms with Crippen molar-refractivity contribution in [2.75, 3.05) is 19.5 Å². The van der Waals surface area contributed by atoms with Gasteiger partial charge in [0.25, 0.3) is 0 Å². The van der Waals surface area contributed by atoms with Gasteiger partial charge in [-0.05, 0) is 43.7 Å². The molecule has 9 heteroatoms. The molecule has 2 aromatic heterocycles. The van der Waals surface area contributed by atoms with Crippen LogP contribution in [0.1, 0.15) is 28.7 Å². The van der Waals surface area contributed by atoms with Crippen LogP contribution in [0.5, 0.6) is 11.5 Å². The molecule has 0 radical (unpaired) electrons. The minimum absolute atomic E-state index is 0.0825. The number of nitrogens with one attached hydrogen (secondary N) is 1. The monoisotopic (exact) mass is 464 g/mol. The molecule has 0 unspecified atom stereocenters. The lowest BCUT2D eigenvalue weighted by atomic mass is 10.1. The molecule has 4 rings (SSSR count). The molecule has 4 aromatic rings. The number of ether oxygens (including phenoxy) is 2. The van der Waals surface area contributed by atoms with Gasteiger partial charge in [-0.15, -0.1) is 11.3 Å². The first-order valence-electron chi connectivity index (χ1n) is 10.3. The highest BCUT2D eigenvalue weighted by atomic mass is 32.1. The summed E-state index contributed by atoms with van der Waals surface area (Å²) in [6.45, 7) is 3.96. The first-order valence-corrected chi connectivity index (χ1v) is 11.2. The molecule has 0 amide bonds. The largest absolute Gasteiger partial charge is 0.497 e. The topological polar surface area (TPSA) is 98.5 Å². The number of thiazole rings is 1. The summed E-state index contributed by atoms with van der Waals surface area (Å²) >= 11 is 1.53. The fourth-order valence-corrected chi connectivity index (χ4v) is 4.53. The summed E-state index contributed by atoms with van der Waals surface area (Å²) in [6.07, 6.45) is 0.820. The smallest absolute Gasteiger partial charge is 0.337 e. The summed E-state index contributed by atoms with van der Waals surface area (Å²) in [7, 11) is 3.10. The van der Waals surface area contributed by atoms with Crippen molar-refractivity contribution in [1.82, 2.24) is 14.8 Å². The molecule has 0 spiro atoms. The minimum atomic E-state index is -1.07. The van der Waals surface area contributed by atoms with Crippen molar-refractivity contribution in [2.45, 2.75) is 20.3 Å². The van der Waals surface area contributed by atoms with Gasteiger partial charge in [-0.2, -0.15) is 5.10 Å². The molecule has 0 atom stereocenters. The van der Waals surface area contributed by atoms with Crippen molar-refractivity contribution in [1.29, 1.82) is 0 Å². The molecule has 0 aliphatic heterocycles. The Bertz CT molecular complexity index is 1310. The molecule has 2 aromatic carbocycles. The van der Waals surface area contributed by atoms with E-state index in [0.29, 0.717) is 23.0 Å². The third kappa shape index (κ3) is 4.27. The van der Waals surface area contributed by atoms with Crippen LogP contribution >= 0.6 is 11.3 Å². The summed E-state index contributed by atoms with van der Waals surface area (Å²) < 4.78 is 12.5. The maximum absolute atomic E-state index is 12.0. The number of aryl methyl sites for hydroxylation is 2. The van der Waals surface area contributed by atoms with Crippen LogP contribution in [0.25, 0.3) is 16.3 Å². The molecule has 0 aliphatic rings. The molecule has 8 nitrogen and oxygen atoms in total. The number of aromatic nitrogens is 3. The Labute approximate surface area is 195 Å². The predicted octanol–water partition coefficient (Wildman–Crippen LogP) is 5.33. The lowest BCUT2D eigenvalue weighted by molar-refractivity contribution is 0.0697. The highest BCUT2D eigenvalue weighted by Crippen LogP contribution is 2.39. The zero-order valence-electron chi connectivity index (χ0n) is 18.7. The molecule has 2 heterocycles. The van der Waals surface area contributed by atoms with Crippen molar-refractivity contribution < 1.29 is 19.4 Å². The standard InChI is InChI=1S/C24H24N4O4S/c1-5-15-13-33-23(25-15)21-14(2)27-28(19-8-6-7-9-20(19)32-4)22(21)26-18-11-10-16(31-3)12-17(18)24(29)30/h6-13,26H,5H2,1-4H3,(H,29,30). The van der Waals surface area contributed by atoms with E-state index in [1.165, 1.54) is 24.5 Å². The van der Waals surface area contributed by atoms with Crippen molar-refractivity contribution >= 4 is 28.8 Å². The molecular weight excluding hydrogens is 440 g/mol. The van der Waals surface area contributed by atoms with Crippen molar-refractivity contribution in [3.63, 3.8) is 0 Å². The van der Waals surface area contributed by atoms with Crippen LogP contribution in [0.15, 0.2) is 47.8 Å². The number of carbonyl (C=O) groups is 1. The summed E-state index contributed by atoms with van der Waals surface area (Å²) in [6, 6.07) is 12.4. The van der Waals surface area contributed by atoms with Crippen molar-refractivity contribution in [2.24, 2.45) is 0 Å². The molecule has 0 aliphatic carbocycles. The second-order valence-corrected chi connectivity index (χ2v) is 8.09. The van der Waals surface area contributed by atoms with Crippen LogP contribution in [0.4, 0.5) is 11.5 Å². The van der Waals surface area contributed by atoms with Gasteiger partial charge in [0.1, 0.15) is 28.0 Å². The first kappa shape index (κ1) is 22.3. The van der Waals surface area contributed by atoms with E-state index < -0.39 is 5.97 Å². The lowest BCUT2D eigenvalue weighted by Gasteiger charge is -2.16. The van der Waals surface area contributed by atoms with Crippen LogP contribution in [-0.4, -0.2) is 40.1 Å².